The fourth-order valence-corrected chi connectivity index (χ4v) is 3.27. The van der Waals surface area contributed by atoms with Gasteiger partial charge in [0.15, 0.2) is 0 Å². The molecular formula is C2H4Na2O6S4. The van der Waals surface area contributed by atoms with E-state index in [0.717, 1.165) is 0 Å². The Morgan fingerprint density at radius 3 is 1.29 bits per heavy atom. The van der Waals surface area contributed by atoms with E-state index in [9.17, 15) is 18.9 Å². The Hall–Kier alpha value is 2.58. The molecule has 2 unspecified atom stereocenters. The summed E-state index contributed by atoms with van der Waals surface area (Å²) in [5.41, 5.74) is 0. The van der Waals surface area contributed by atoms with E-state index in [2.05, 4.69) is 31.0 Å². The van der Waals surface area contributed by atoms with E-state index in [4.69, 9.17) is 0 Å². The molecule has 74 valence electrons. The van der Waals surface area contributed by atoms with Crippen LogP contribution < -0.4 is 69.6 Å². The average molecular weight is 298 g/mol. The molecule has 0 aliphatic heterocycles. The maximum Gasteiger partial charge on any atom is 1.00 e. The van der Waals surface area contributed by atoms with Crippen LogP contribution in [0, 0.1) is 0 Å². The first-order chi connectivity index (χ1) is 5.33. The van der Waals surface area contributed by atoms with Crippen LogP contribution >= 0.6 is 0 Å². The van der Waals surface area contributed by atoms with Crippen molar-refractivity contribution in [1.29, 1.82) is 0 Å². The van der Waals surface area contributed by atoms with Gasteiger partial charge in [-0.1, -0.05) is 0 Å². The molecule has 0 aliphatic carbocycles. The van der Waals surface area contributed by atoms with Gasteiger partial charge in [-0.2, -0.15) is 0 Å². The third-order valence-electron chi connectivity index (χ3n) is 0.791. The van der Waals surface area contributed by atoms with Crippen LogP contribution in [-0.4, -0.2) is 19.9 Å². The van der Waals surface area contributed by atoms with Gasteiger partial charge in [0.2, 0.25) is 0 Å². The first kappa shape index (κ1) is 21.8. The first-order valence-electron chi connectivity index (χ1n) is 2.41. The van der Waals surface area contributed by atoms with Crippen LogP contribution in [0.5, 0.6) is 0 Å². The SMILES string of the molecule is O=S(=S)(CCS(=O)(=S)O[O-])O[O-].[Na+].[Na+]. The van der Waals surface area contributed by atoms with Crippen molar-refractivity contribution in [2.45, 2.75) is 0 Å². The zero-order valence-corrected chi connectivity index (χ0v) is 14.8. The first-order valence-corrected chi connectivity index (χ1v) is 7.57. The second-order valence-corrected chi connectivity index (χ2v) is 8.03. The minimum absolute atomic E-state index is 0. The van der Waals surface area contributed by atoms with Gasteiger partial charge in [-0.3, -0.25) is 0 Å². The van der Waals surface area contributed by atoms with E-state index in [-0.39, 0.29) is 59.1 Å². The van der Waals surface area contributed by atoms with Crippen LogP contribution in [0.15, 0.2) is 0 Å². The van der Waals surface area contributed by atoms with Crippen molar-refractivity contribution in [2.75, 3.05) is 11.5 Å². The molecule has 0 aliphatic rings. The largest absolute Gasteiger partial charge is 1.00 e. The Morgan fingerprint density at radius 1 is 0.929 bits per heavy atom. The third kappa shape index (κ3) is 11.1. The van der Waals surface area contributed by atoms with Gasteiger partial charge < -0.3 is 19.2 Å². The summed E-state index contributed by atoms with van der Waals surface area (Å²) in [6, 6.07) is 0. The molecule has 0 N–H and O–H groups in total. The summed E-state index contributed by atoms with van der Waals surface area (Å²) < 4.78 is 27.6. The van der Waals surface area contributed by atoms with Crippen molar-refractivity contribution < 1.29 is 86.7 Å². The topological polar surface area (TPSA) is 98.7 Å². The molecule has 0 fully saturated rings. The van der Waals surface area contributed by atoms with Crippen LogP contribution in [0.4, 0.5) is 0 Å². The van der Waals surface area contributed by atoms with E-state index < -0.39 is 29.1 Å². The monoisotopic (exact) mass is 298 g/mol. The van der Waals surface area contributed by atoms with E-state index in [1.165, 1.54) is 0 Å². The molecular weight excluding hydrogens is 294 g/mol. The average Bonchev–Trinajstić information content (AvgIpc) is 2.02. The van der Waals surface area contributed by atoms with Crippen LogP contribution in [0.25, 0.3) is 0 Å². The second-order valence-electron chi connectivity index (χ2n) is 1.66. The second kappa shape index (κ2) is 9.59. The normalized spacial score (nSPS) is 18.1. The van der Waals surface area contributed by atoms with Crippen molar-refractivity contribution in [3.8, 4) is 0 Å². The molecule has 12 heteroatoms. The van der Waals surface area contributed by atoms with E-state index in [0.29, 0.717) is 0 Å². The minimum atomic E-state index is -3.45. The molecule has 0 heterocycles. The summed E-state index contributed by atoms with van der Waals surface area (Å²) in [7, 11) is -6.90. The van der Waals surface area contributed by atoms with E-state index >= 15 is 0 Å². The molecule has 0 saturated heterocycles. The summed E-state index contributed by atoms with van der Waals surface area (Å²) >= 11 is 8.25. The molecule has 0 rings (SSSR count). The van der Waals surface area contributed by atoms with Crippen molar-refractivity contribution in [2.24, 2.45) is 0 Å². The fraction of sp³-hybridized carbons (Fsp3) is 1.00. The van der Waals surface area contributed by atoms with Crippen LogP contribution in [0.1, 0.15) is 0 Å². The van der Waals surface area contributed by atoms with Gasteiger partial charge in [0.05, 0.1) is 11.5 Å². The number of hydrogen-bond acceptors (Lipinski definition) is 8. The smallest absolute Gasteiger partial charge is 0.709 e. The summed E-state index contributed by atoms with van der Waals surface area (Å²) in [4.78, 5) is 0. The molecule has 0 aromatic rings. The maximum atomic E-state index is 10.7. The fourth-order valence-electron chi connectivity index (χ4n) is 0.272. The molecule has 0 spiro atoms. The summed E-state index contributed by atoms with van der Waals surface area (Å²) in [5, 5.41) is 19.3. The molecule has 0 radical (unpaired) electrons. The predicted molar refractivity (Wildman–Crippen MR) is 42.9 cm³/mol. The number of rotatable bonds is 5. The summed E-state index contributed by atoms with van der Waals surface area (Å²) in [5.74, 6) is -1.06. The Labute approximate surface area is 136 Å². The van der Waals surface area contributed by atoms with Gasteiger partial charge in [0, 0.05) is 22.4 Å². The molecule has 0 aromatic carbocycles. The van der Waals surface area contributed by atoms with Gasteiger partial charge in [-0.05, 0) is 0 Å². The van der Waals surface area contributed by atoms with Crippen molar-refractivity contribution >= 4 is 39.9 Å². The van der Waals surface area contributed by atoms with Crippen LogP contribution in [0.2, 0.25) is 0 Å². The molecule has 0 amide bonds. The summed E-state index contributed by atoms with van der Waals surface area (Å²) in [6.07, 6.45) is 0. The quantitative estimate of drug-likeness (QED) is 0.280. The van der Waals surface area contributed by atoms with Crippen LogP contribution in [-0.2, 0) is 48.6 Å². The van der Waals surface area contributed by atoms with Crippen molar-refractivity contribution in [3.05, 3.63) is 0 Å². The zero-order chi connectivity index (χ0) is 9.83. The van der Waals surface area contributed by atoms with Gasteiger partial charge >= 0.3 is 59.1 Å². The molecule has 2 atom stereocenters. The molecule has 0 bridgehead atoms. The van der Waals surface area contributed by atoms with Crippen molar-refractivity contribution in [3.63, 3.8) is 0 Å². The standard InChI is InChI=1S/C2H6O6S4.2Na/c3-7-11(5,9)1-2-12(6,10)8-4;;/h3-4H,1-2H2;;/q;2*+1/p-2. The van der Waals surface area contributed by atoms with Gasteiger partial charge in [-0.15, -0.1) is 0 Å². The Balaban J connectivity index is -0.000000605. The minimum Gasteiger partial charge on any atom is -0.709 e. The zero-order valence-electron chi connectivity index (χ0n) is 7.50. The molecule has 14 heavy (non-hydrogen) atoms. The van der Waals surface area contributed by atoms with E-state index in [1.54, 1.807) is 0 Å². The Kier molecular flexibility index (Phi) is 15.0. The van der Waals surface area contributed by atoms with Gasteiger partial charge in [-0.25, -0.2) is 8.42 Å². The Bertz CT molecular complexity index is 286. The summed E-state index contributed by atoms with van der Waals surface area (Å²) in [6.45, 7) is 0. The number of hydrogen-bond donors (Lipinski definition) is 0. The van der Waals surface area contributed by atoms with Crippen molar-refractivity contribution in [1.82, 2.24) is 0 Å². The predicted octanol–water partition coefficient (Wildman–Crippen LogP) is -9.10. The van der Waals surface area contributed by atoms with Crippen LogP contribution in [0.3, 0.4) is 0 Å². The maximum absolute atomic E-state index is 10.7. The molecule has 6 nitrogen and oxygen atoms in total. The molecule has 0 aromatic heterocycles. The molecule has 0 saturated carbocycles. The van der Waals surface area contributed by atoms with E-state index in [1.807, 2.05) is 0 Å². The third-order valence-corrected chi connectivity index (χ3v) is 4.21. The van der Waals surface area contributed by atoms with Gasteiger partial charge in [0.25, 0.3) is 0 Å². The Morgan fingerprint density at radius 2 is 1.14 bits per heavy atom. The van der Waals surface area contributed by atoms with Gasteiger partial charge in [0.1, 0.15) is 17.5 Å².